The number of aryl methyl sites for hydroxylation is 3. The topological polar surface area (TPSA) is 53.4 Å². The molecular formula is C27H28N2O2S. The summed E-state index contributed by atoms with van der Waals surface area (Å²) in [5.41, 5.74) is 13.6. The van der Waals surface area contributed by atoms with Crippen molar-refractivity contribution in [3.8, 4) is 22.4 Å². The number of hydrogen-bond acceptors (Lipinski definition) is 4. The van der Waals surface area contributed by atoms with Gasteiger partial charge < -0.3 is 9.41 Å². The Kier molecular flexibility index (Phi) is 5.25. The number of carboxylic acid groups (broad SMARTS) is 1. The minimum Gasteiger partial charge on any atom is -0.481 e. The Balaban J connectivity index is 1.86. The number of rotatable bonds is 4. The fourth-order valence-corrected chi connectivity index (χ4v) is 6.06. The van der Waals surface area contributed by atoms with Gasteiger partial charge in [0, 0.05) is 17.5 Å². The summed E-state index contributed by atoms with van der Waals surface area (Å²) < 4.78 is 2.31. The first kappa shape index (κ1) is 21.1. The van der Waals surface area contributed by atoms with Crippen molar-refractivity contribution in [1.82, 2.24) is 4.98 Å². The molecule has 0 unspecified atom stereocenters. The molecule has 0 fully saturated rings. The first-order valence-electron chi connectivity index (χ1n) is 11.2. The maximum atomic E-state index is 11.9. The van der Waals surface area contributed by atoms with Crippen LogP contribution in [0.1, 0.15) is 45.5 Å². The molecule has 1 N–H and O–H groups in total. The maximum Gasteiger partial charge on any atom is 0.307 e. The van der Waals surface area contributed by atoms with E-state index in [9.17, 15) is 9.90 Å². The molecule has 0 saturated heterocycles. The third-order valence-corrected chi connectivity index (χ3v) is 7.67. The predicted octanol–water partition coefficient (Wildman–Crippen LogP) is 6.05. The highest BCUT2D eigenvalue weighted by Gasteiger charge is 2.32. The molecule has 0 spiro atoms. The fraction of sp³-hybridized carbons (Fsp3) is 0.333. The van der Waals surface area contributed by atoms with Crippen LogP contribution >= 0.6 is 11.9 Å². The maximum absolute atomic E-state index is 11.9. The van der Waals surface area contributed by atoms with Gasteiger partial charge in [-0.1, -0.05) is 41.8 Å². The second-order valence-corrected chi connectivity index (χ2v) is 9.74. The SMILES string of the molecule is CSN1Cc2cc3c(nc2-c2c(C)c(-c4ccc(C)cc4)c(CC(=O)O)c(C)c21)CCC3. The lowest BCUT2D eigenvalue weighted by Crippen LogP contribution is -2.23. The zero-order valence-corrected chi connectivity index (χ0v) is 19.9. The highest BCUT2D eigenvalue weighted by molar-refractivity contribution is 7.99. The Hall–Kier alpha value is -2.79. The number of carboxylic acids is 1. The predicted molar refractivity (Wildman–Crippen MR) is 132 cm³/mol. The molecule has 0 amide bonds. The third-order valence-electron chi connectivity index (χ3n) is 6.91. The first-order chi connectivity index (χ1) is 15.4. The van der Waals surface area contributed by atoms with Crippen LogP contribution in [0, 0.1) is 20.8 Å². The van der Waals surface area contributed by atoms with Crippen LogP contribution < -0.4 is 4.31 Å². The van der Waals surface area contributed by atoms with Crippen LogP contribution in [0.3, 0.4) is 0 Å². The van der Waals surface area contributed by atoms with Gasteiger partial charge in [0.15, 0.2) is 0 Å². The number of benzene rings is 2. The zero-order valence-electron chi connectivity index (χ0n) is 19.1. The molecule has 3 aromatic rings. The second-order valence-electron chi connectivity index (χ2n) is 8.94. The van der Waals surface area contributed by atoms with Gasteiger partial charge in [-0.15, -0.1) is 0 Å². The van der Waals surface area contributed by atoms with Gasteiger partial charge in [0.1, 0.15) is 0 Å². The largest absolute Gasteiger partial charge is 0.481 e. The van der Waals surface area contributed by atoms with E-state index in [0.717, 1.165) is 64.1 Å². The molecule has 5 heteroatoms. The number of fused-ring (bicyclic) bond motifs is 4. The molecule has 0 saturated carbocycles. The Labute approximate surface area is 193 Å². The van der Waals surface area contributed by atoms with Crippen LogP contribution in [0.25, 0.3) is 22.4 Å². The van der Waals surface area contributed by atoms with Crippen LogP contribution in [0.15, 0.2) is 30.3 Å². The van der Waals surface area contributed by atoms with Crippen LogP contribution in [0.5, 0.6) is 0 Å². The molecule has 1 aliphatic carbocycles. The summed E-state index contributed by atoms with van der Waals surface area (Å²) in [6, 6.07) is 10.8. The molecule has 1 aromatic heterocycles. The van der Waals surface area contributed by atoms with E-state index in [4.69, 9.17) is 4.98 Å². The highest BCUT2D eigenvalue weighted by Crippen LogP contribution is 2.50. The lowest BCUT2D eigenvalue weighted by atomic mass is 9.82. The van der Waals surface area contributed by atoms with Gasteiger partial charge in [0.05, 0.1) is 24.3 Å². The van der Waals surface area contributed by atoms with Crippen LogP contribution in [0.2, 0.25) is 0 Å². The Morgan fingerprint density at radius 2 is 1.81 bits per heavy atom. The summed E-state index contributed by atoms with van der Waals surface area (Å²) in [5.74, 6) is -0.802. The van der Waals surface area contributed by atoms with E-state index in [0.29, 0.717) is 0 Å². The average Bonchev–Trinajstić information content (AvgIpc) is 3.22. The first-order valence-corrected chi connectivity index (χ1v) is 12.4. The number of carbonyl (C=O) groups is 1. The quantitative estimate of drug-likeness (QED) is 0.496. The van der Waals surface area contributed by atoms with Crippen molar-refractivity contribution in [2.75, 3.05) is 10.6 Å². The fourth-order valence-electron chi connectivity index (χ4n) is 5.38. The van der Waals surface area contributed by atoms with E-state index < -0.39 is 5.97 Å². The third kappa shape index (κ3) is 3.30. The lowest BCUT2D eigenvalue weighted by Gasteiger charge is -2.35. The Morgan fingerprint density at radius 3 is 2.50 bits per heavy atom. The summed E-state index contributed by atoms with van der Waals surface area (Å²) >= 11 is 1.70. The normalized spacial score (nSPS) is 14.2. The van der Waals surface area contributed by atoms with Gasteiger partial charge in [-0.3, -0.25) is 9.78 Å². The molecule has 0 radical (unpaired) electrons. The van der Waals surface area contributed by atoms with E-state index in [2.05, 4.69) is 61.7 Å². The molecule has 5 rings (SSSR count). The number of aliphatic carboxylic acids is 1. The Morgan fingerprint density at radius 1 is 1.06 bits per heavy atom. The number of anilines is 1. The summed E-state index contributed by atoms with van der Waals surface area (Å²) in [6.45, 7) is 7.08. The molecular weight excluding hydrogens is 416 g/mol. The Bertz CT molecular complexity index is 1250. The van der Waals surface area contributed by atoms with Crippen molar-refractivity contribution in [2.45, 2.75) is 53.0 Å². The standard InChI is InChI=1S/C27H28N2O2S/c1-15-8-10-18(11-9-15)24-17(3)25-26-20(12-19-6-5-7-22(19)28-26)14-29(32-4)27(25)16(2)21(24)13-23(30)31/h8-12H,5-7,13-14H2,1-4H3,(H,30,31). The highest BCUT2D eigenvalue weighted by atomic mass is 32.2. The van der Waals surface area contributed by atoms with Crippen LogP contribution in [-0.2, 0) is 30.6 Å². The van der Waals surface area contributed by atoms with Crippen molar-refractivity contribution in [3.05, 3.63) is 69.4 Å². The average molecular weight is 445 g/mol. The molecule has 1 aliphatic heterocycles. The summed E-state index contributed by atoms with van der Waals surface area (Å²) in [4.78, 5) is 17.1. The van der Waals surface area contributed by atoms with E-state index in [1.54, 1.807) is 11.9 Å². The molecule has 2 heterocycles. The minimum absolute atomic E-state index is 0.00978. The van der Waals surface area contributed by atoms with Crippen molar-refractivity contribution in [1.29, 1.82) is 0 Å². The number of aromatic nitrogens is 1. The molecule has 32 heavy (non-hydrogen) atoms. The van der Waals surface area contributed by atoms with E-state index in [1.165, 1.54) is 28.8 Å². The van der Waals surface area contributed by atoms with Crippen molar-refractivity contribution < 1.29 is 9.90 Å². The van der Waals surface area contributed by atoms with Gasteiger partial charge in [-0.25, -0.2) is 0 Å². The summed E-state index contributed by atoms with van der Waals surface area (Å²) in [6.07, 6.45) is 5.44. The van der Waals surface area contributed by atoms with E-state index in [1.807, 2.05) is 0 Å². The van der Waals surface area contributed by atoms with E-state index in [-0.39, 0.29) is 6.42 Å². The molecule has 4 nitrogen and oxygen atoms in total. The van der Waals surface area contributed by atoms with Crippen molar-refractivity contribution in [3.63, 3.8) is 0 Å². The number of hydrogen-bond donors (Lipinski definition) is 1. The summed E-state index contributed by atoms with van der Waals surface area (Å²) in [5, 5.41) is 9.76. The zero-order chi connectivity index (χ0) is 22.6. The molecule has 164 valence electrons. The van der Waals surface area contributed by atoms with Gasteiger partial charge in [0.2, 0.25) is 0 Å². The van der Waals surface area contributed by atoms with Crippen LogP contribution in [0.4, 0.5) is 5.69 Å². The summed E-state index contributed by atoms with van der Waals surface area (Å²) in [7, 11) is 0. The van der Waals surface area contributed by atoms with Crippen molar-refractivity contribution in [2.24, 2.45) is 0 Å². The minimum atomic E-state index is -0.802. The van der Waals surface area contributed by atoms with E-state index >= 15 is 0 Å². The lowest BCUT2D eigenvalue weighted by molar-refractivity contribution is -0.136. The number of pyridine rings is 1. The molecule has 0 bridgehead atoms. The van der Waals surface area contributed by atoms with Gasteiger partial charge in [0.25, 0.3) is 0 Å². The number of nitrogens with zero attached hydrogens (tertiary/aromatic N) is 2. The van der Waals surface area contributed by atoms with Gasteiger partial charge in [-0.05, 0) is 85.0 Å². The smallest absolute Gasteiger partial charge is 0.307 e. The van der Waals surface area contributed by atoms with Crippen LogP contribution in [-0.4, -0.2) is 22.3 Å². The van der Waals surface area contributed by atoms with Gasteiger partial charge in [-0.2, -0.15) is 0 Å². The second kappa shape index (κ2) is 7.96. The van der Waals surface area contributed by atoms with Gasteiger partial charge >= 0.3 is 5.97 Å². The monoisotopic (exact) mass is 444 g/mol. The molecule has 0 atom stereocenters. The van der Waals surface area contributed by atoms with Crippen molar-refractivity contribution >= 4 is 23.6 Å². The molecule has 2 aromatic carbocycles. The molecule has 2 aliphatic rings.